The minimum Gasteiger partial charge on any atom is -0.495 e. The summed E-state index contributed by atoms with van der Waals surface area (Å²) in [6.07, 6.45) is 1.80. The van der Waals surface area contributed by atoms with E-state index in [9.17, 15) is 0 Å². The first-order chi connectivity index (χ1) is 13.0. The van der Waals surface area contributed by atoms with Gasteiger partial charge in [0.05, 0.1) is 30.2 Å². The second kappa shape index (κ2) is 7.48. The van der Waals surface area contributed by atoms with Crippen LogP contribution in [0.3, 0.4) is 0 Å². The Bertz CT molecular complexity index is 829. The van der Waals surface area contributed by atoms with Gasteiger partial charge in [0, 0.05) is 20.1 Å². The molecule has 8 heteroatoms. The van der Waals surface area contributed by atoms with Crippen LogP contribution in [0.4, 0.5) is 0 Å². The van der Waals surface area contributed by atoms with E-state index in [0.717, 1.165) is 29.1 Å². The molecule has 1 aromatic heterocycles. The Labute approximate surface area is 169 Å². The number of nitrogens with zero attached hydrogens (tertiary/aromatic N) is 2. The average Bonchev–Trinajstić information content (AvgIpc) is 3.07. The fourth-order valence-corrected chi connectivity index (χ4v) is 3.89. The number of fused-ring (bicyclic) bond motifs is 1. The van der Waals surface area contributed by atoms with Crippen LogP contribution in [0.1, 0.15) is 27.7 Å². The quantitative estimate of drug-likeness (QED) is 0.521. The zero-order valence-electron chi connectivity index (χ0n) is 18.5. The number of imidazole rings is 1. The normalized spacial score (nSPS) is 18.8. The first kappa shape index (κ1) is 21.4. The molecule has 0 bridgehead atoms. The van der Waals surface area contributed by atoms with E-state index < -0.39 is 26.4 Å². The van der Waals surface area contributed by atoms with Gasteiger partial charge >= 0.3 is 7.12 Å². The Balaban J connectivity index is 1.83. The number of rotatable bonds is 7. The summed E-state index contributed by atoms with van der Waals surface area (Å²) in [6, 6.07) is 5.19. The molecule has 0 amide bonds. The van der Waals surface area contributed by atoms with Gasteiger partial charge < -0.3 is 23.3 Å². The van der Waals surface area contributed by atoms with E-state index in [0.29, 0.717) is 12.5 Å². The van der Waals surface area contributed by atoms with Gasteiger partial charge in [0.1, 0.15) is 18.0 Å². The maximum Gasteiger partial charge on any atom is 0.498 e. The van der Waals surface area contributed by atoms with Crippen LogP contribution >= 0.6 is 0 Å². The van der Waals surface area contributed by atoms with Gasteiger partial charge in [-0.3, -0.25) is 0 Å². The number of aromatic nitrogens is 2. The largest absolute Gasteiger partial charge is 0.498 e. The van der Waals surface area contributed by atoms with Crippen LogP contribution in [0, 0.1) is 0 Å². The molecule has 1 saturated heterocycles. The van der Waals surface area contributed by atoms with Crippen molar-refractivity contribution >= 4 is 31.7 Å². The second-order valence-electron chi connectivity index (χ2n) is 9.71. The van der Waals surface area contributed by atoms with Gasteiger partial charge in [-0.1, -0.05) is 25.7 Å². The predicted octanol–water partition coefficient (Wildman–Crippen LogP) is 3.66. The summed E-state index contributed by atoms with van der Waals surface area (Å²) in [4.78, 5) is 4.58. The first-order valence-corrected chi connectivity index (χ1v) is 13.6. The van der Waals surface area contributed by atoms with Crippen molar-refractivity contribution in [3.05, 3.63) is 18.5 Å². The second-order valence-corrected chi connectivity index (χ2v) is 15.3. The lowest BCUT2D eigenvalue weighted by Gasteiger charge is -2.32. The van der Waals surface area contributed by atoms with E-state index in [4.69, 9.17) is 18.8 Å². The highest BCUT2D eigenvalue weighted by atomic mass is 28.3. The maximum atomic E-state index is 6.20. The van der Waals surface area contributed by atoms with Crippen LogP contribution in [0.15, 0.2) is 18.5 Å². The predicted molar refractivity (Wildman–Crippen MR) is 116 cm³/mol. The number of methoxy groups -OCH3 is 1. The Morgan fingerprint density at radius 1 is 1.11 bits per heavy atom. The lowest BCUT2D eigenvalue weighted by molar-refractivity contribution is 0.00578. The Hall–Kier alpha value is -1.35. The maximum absolute atomic E-state index is 6.20. The fourth-order valence-electron chi connectivity index (χ4n) is 3.14. The summed E-state index contributed by atoms with van der Waals surface area (Å²) in [5.41, 5.74) is 1.83. The van der Waals surface area contributed by atoms with E-state index in [2.05, 4.69) is 24.6 Å². The van der Waals surface area contributed by atoms with E-state index >= 15 is 0 Å². The van der Waals surface area contributed by atoms with Crippen molar-refractivity contribution < 1.29 is 18.8 Å². The number of hydrogen-bond donors (Lipinski definition) is 0. The van der Waals surface area contributed by atoms with Crippen molar-refractivity contribution in [1.29, 1.82) is 0 Å². The highest BCUT2D eigenvalue weighted by Gasteiger charge is 2.52. The van der Waals surface area contributed by atoms with Crippen molar-refractivity contribution in [1.82, 2.24) is 9.55 Å². The Kier molecular flexibility index (Phi) is 5.71. The molecule has 1 aliphatic heterocycles. The first-order valence-electron chi connectivity index (χ1n) is 9.90. The lowest BCUT2D eigenvalue weighted by Crippen LogP contribution is -2.41. The molecular formula is C20H33BN2O4Si. The smallest absolute Gasteiger partial charge is 0.495 e. The highest BCUT2D eigenvalue weighted by molar-refractivity contribution is 6.76. The Morgan fingerprint density at radius 2 is 1.75 bits per heavy atom. The minimum absolute atomic E-state index is 0.402. The molecule has 1 aromatic carbocycles. The van der Waals surface area contributed by atoms with Gasteiger partial charge in [-0.2, -0.15) is 0 Å². The highest BCUT2D eigenvalue weighted by Crippen LogP contribution is 2.37. The molecule has 1 aliphatic rings. The average molecular weight is 404 g/mol. The van der Waals surface area contributed by atoms with Gasteiger partial charge in [0.25, 0.3) is 0 Å². The summed E-state index contributed by atoms with van der Waals surface area (Å²) < 4.78 is 26.0. The van der Waals surface area contributed by atoms with Crippen molar-refractivity contribution in [2.75, 3.05) is 13.7 Å². The van der Waals surface area contributed by atoms with Crippen LogP contribution in [-0.4, -0.2) is 49.7 Å². The van der Waals surface area contributed by atoms with Gasteiger partial charge in [-0.15, -0.1) is 0 Å². The van der Waals surface area contributed by atoms with Crippen molar-refractivity contribution in [2.24, 2.45) is 0 Å². The molecular weight excluding hydrogens is 371 g/mol. The molecule has 0 aliphatic carbocycles. The number of ether oxygens (including phenoxy) is 2. The van der Waals surface area contributed by atoms with E-state index in [-0.39, 0.29) is 0 Å². The molecule has 1 fully saturated rings. The molecule has 28 heavy (non-hydrogen) atoms. The molecule has 0 atom stereocenters. The van der Waals surface area contributed by atoms with Crippen LogP contribution in [0.2, 0.25) is 25.7 Å². The minimum atomic E-state index is -1.09. The molecule has 154 valence electrons. The number of hydrogen-bond acceptors (Lipinski definition) is 5. The molecule has 2 heterocycles. The van der Waals surface area contributed by atoms with E-state index in [1.807, 2.05) is 44.4 Å². The summed E-state index contributed by atoms with van der Waals surface area (Å²) in [7, 11) is 0.0842. The topological polar surface area (TPSA) is 54.7 Å². The summed E-state index contributed by atoms with van der Waals surface area (Å²) in [6.45, 7) is 16.5. The third kappa shape index (κ3) is 4.15. The zero-order valence-corrected chi connectivity index (χ0v) is 19.5. The molecule has 0 radical (unpaired) electrons. The van der Waals surface area contributed by atoms with Crippen molar-refractivity contribution in [3.63, 3.8) is 0 Å². The third-order valence-corrected chi connectivity index (χ3v) is 7.42. The van der Waals surface area contributed by atoms with Crippen LogP contribution in [-0.2, 0) is 20.8 Å². The monoisotopic (exact) mass is 404 g/mol. The van der Waals surface area contributed by atoms with Gasteiger partial charge in [-0.25, -0.2) is 4.98 Å². The van der Waals surface area contributed by atoms with E-state index in [1.54, 1.807) is 13.4 Å². The van der Waals surface area contributed by atoms with Crippen LogP contribution in [0.5, 0.6) is 5.75 Å². The zero-order chi connectivity index (χ0) is 20.7. The van der Waals surface area contributed by atoms with Crippen molar-refractivity contribution in [3.8, 4) is 5.75 Å². The summed E-state index contributed by atoms with van der Waals surface area (Å²) >= 11 is 0. The third-order valence-electron chi connectivity index (χ3n) is 5.71. The summed E-state index contributed by atoms with van der Waals surface area (Å²) in [5, 5.41) is 0. The fraction of sp³-hybridized carbons (Fsp3) is 0.650. The number of benzene rings is 1. The van der Waals surface area contributed by atoms with E-state index in [1.165, 1.54) is 0 Å². The molecule has 3 rings (SSSR count). The van der Waals surface area contributed by atoms with Crippen LogP contribution < -0.4 is 10.2 Å². The molecule has 0 unspecified atom stereocenters. The molecule has 0 spiro atoms. The molecule has 6 nitrogen and oxygen atoms in total. The molecule has 0 N–H and O–H groups in total. The Morgan fingerprint density at radius 3 is 2.32 bits per heavy atom. The summed E-state index contributed by atoms with van der Waals surface area (Å²) in [5.74, 6) is 0.692. The lowest BCUT2D eigenvalue weighted by atomic mass is 9.78. The molecule has 2 aromatic rings. The van der Waals surface area contributed by atoms with Gasteiger partial charge in [0.15, 0.2) is 0 Å². The van der Waals surface area contributed by atoms with Crippen molar-refractivity contribution in [2.45, 2.75) is 71.3 Å². The SMILES string of the molecule is COc1c(B2OC(C)(C)C(C)(C)O2)ccc2c1ncn2COCC[Si](C)(C)C. The standard InChI is InChI=1S/C20H33BN2O4Si/c1-19(2)20(3,4)27-21(26-19)15-9-10-16-17(18(15)24-5)22-13-23(16)14-25-11-12-28(6,7)8/h9-10,13H,11-12,14H2,1-8H3. The molecule has 0 saturated carbocycles. The van der Waals surface area contributed by atoms with Gasteiger partial charge in [-0.05, 0) is 39.8 Å². The van der Waals surface area contributed by atoms with Crippen LogP contribution in [0.25, 0.3) is 11.0 Å². The van der Waals surface area contributed by atoms with Gasteiger partial charge in [0.2, 0.25) is 0 Å².